The average Bonchev–Trinajstić information content (AvgIpc) is 3.65. The molecule has 0 aromatic heterocycles. The molecule has 0 aromatic carbocycles. The van der Waals surface area contributed by atoms with Gasteiger partial charge in [-0.25, -0.2) is 0 Å². The van der Waals surface area contributed by atoms with E-state index in [9.17, 15) is 0 Å². The molecule has 232 valence electrons. The summed E-state index contributed by atoms with van der Waals surface area (Å²) in [4.78, 5) is 4.86. The fourth-order valence-corrected chi connectivity index (χ4v) is 5.64. The summed E-state index contributed by atoms with van der Waals surface area (Å²) in [6.45, 7) is 38.3. The van der Waals surface area contributed by atoms with Crippen LogP contribution in [0.4, 0.5) is 0 Å². The Hall–Kier alpha value is -1.04. The Labute approximate surface area is 245 Å². The molecule has 0 aliphatic carbocycles. The third-order valence-corrected chi connectivity index (χ3v) is 8.35. The number of rotatable bonds is 5. The number of nitrogens with two attached hydrogens (primary N) is 1. The predicted octanol–water partition coefficient (Wildman–Crippen LogP) is 7.83. The van der Waals surface area contributed by atoms with Gasteiger partial charge in [0.25, 0.3) is 0 Å². The molecule has 4 rings (SSSR count). The maximum atomic E-state index is 6.13. The monoisotopic (exact) mass is 551 g/mol. The number of nitrogens with one attached hydrogen (secondary N) is 1. The van der Waals surface area contributed by atoms with Crippen LogP contribution < -0.4 is 11.1 Å². The van der Waals surface area contributed by atoms with Gasteiger partial charge in [0.2, 0.25) is 0 Å². The van der Waals surface area contributed by atoms with Gasteiger partial charge in [-0.2, -0.15) is 0 Å². The van der Waals surface area contributed by atoms with Crippen molar-refractivity contribution in [2.75, 3.05) is 39.3 Å². The zero-order valence-electron chi connectivity index (χ0n) is 28.3. The molecule has 2 spiro atoms. The van der Waals surface area contributed by atoms with Crippen molar-refractivity contribution >= 4 is 0 Å². The van der Waals surface area contributed by atoms with E-state index in [1.54, 1.807) is 0 Å². The Morgan fingerprint density at radius 1 is 0.897 bits per heavy atom. The van der Waals surface area contributed by atoms with Crippen LogP contribution >= 0.6 is 0 Å². The molecule has 0 bridgehead atoms. The van der Waals surface area contributed by atoms with E-state index in [4.69, 9.17) is 10.5 Å². The van der Waals surface area contributed by atoms with Crippen LogP contribution in [-0.4, -0.2) is 66.3 Å². The van der Waals surface area contributed by atoms with Crippen LogP contribution in [0, 0.1) is 17.8 Å². The van der Waals surface area contributed by atoms with E-state index in [1.807, 2.05) is 27.7 Å². The molecule has 4 aliphatic heterocycles. The summed E-state index contributed by atoms with van der Waals surface area (Å²) in [7, 11) is 0. The number of hydrogen-bond donors (Lipinski definition) is 2. The summed E-state index contributed by atoms with van der Waals surface area (Å²) in [6, 6.07) is 0.211. The van der Waals surface area contributed by atoms with Gasteiger partial charge in [-0.3, -0.25) is 0 Å². The van der Waals surface area contributed by atoms with E-state index in [2.05, 4.69) is 76.7 Å². The van der Waals surface area contributed by atoms with Crippen LogP contribution in [-0.2, 0) is 4.74 Å². The molecule has 5 heteroatoms. The molecule has 4 atom stereocenters. The van der Waals surface area contributed by atoms with Gasteiger partial charge < -0.3 is 25.6 Å². The van der Waals surface area contributed by atoms with Crippen LogP contribution in [0.2, 0.25) is 0 Å². The predicted molar refractivity (Wildman–Crippen MR) is 174 cm³/mol. The number of hydrogen-bond acceptors (Lipinski definition) is 5. The fraction of sp³-hybridized carbons (Fsp3) is 0.882. The molecule has 4 fully saturated rings. The standard InChI is InChI=1S/C14H26N2.C12H22N2O.C4H10.2C2H6/c1-4-12(2)13(3)16-10-8-14(11-16)7-5-6-9-15-14;1-9(2)10(3)14-6-5-12(8-14)11(13)4-7-15-12;1-4(2)3;2*1-2/h12,15H,3-11H2,1-2H3;9,11H,3-8,13H2,1-2H3;4H,1-3H3;2*1-2H3. The zero-order chi connectivity index (χ0) is 30.2. The summed E-state index contributed by atoms with van der Waals surface area (Å²) in [6.07, 6.45) is 8.68. The molecular formula is C34H70N4O. The second-order valence-electron chi connectivity index (χ2n) is 12.5. The molecule has 4 heterocycles. The van der Waals surface area contributed by atoms with E-state index >= 15 is 0 Å². The number of likely N-dealkylation sites (tertiary alicyclic amines) is 2. The maximum absolute atomic E-state index is 6.13. The van der Waals surface area contributed by atoms with Crippen molar-refractivity contribution in [2.45, 2.75) is 138 Å². The van der Waals surface area contributed by atoms with E-state index in [1.165, 1.54) is 63.1 Å². The average molecular weight is 551 g/mol. The van der Waals surface area contributed by atoms with Gasteiger partial charge in [0, 0.05) is 55.8 Å². The van der Waals surface area contributed by atoms with E-state index < -0.39 is 0 Å². The van der Waals surface area contributed by atoms with Crippen molar-refractivity contribution in [1.29, 1.82) is 0 Å². The van der Waals surface area contributed by atoms with Crippen LogP contribution in [0.25, 0.3) is 0 Å². The van der Waals surface area contributed by atoms with E-state index in [0.717, 1.165) is 38.5 Å². The van der Waals surface area contributed by atoms with Crippen LogP contribution in [0.5, 0.6) is 0 Å². The largest absolute Gasteiger partial charge is 0.373 e. The third kappa shape index (κ3) is 11.8. The Bertz CT molecular complexity index is 667. The highest BCUT2D eigenvalue weighted by atomic mass is 16.5. The lowest BCUT2D eigenvalue weighted by Crippen LogP contribution is -2.50. The number of allylic oxidation sites excluding steroid dienone is 2. The second-order valence-corrected chi connectivity index (χ2v) is 12.5. The molecule has 39 heavy (non-hydrogen) atoms. The first kappa shape index (κ1) is 38.0. The van der Waals surface area contributed by atoms with Crippen molar-refractivity contribution in [2.24, 2.45) is 23.5 Å². The van der Waals surface area contributed by atoms with Gasteiger partial charge >= 0.3 is 0 Å². The van der Waals surface area contributed by atoms with E-state index in [0.29, 0.717) is 17.4 Å². The van der Waals surface area contributed by atoms with Gasteiger partial charge in [0.05, 0.1) is 0 Å². The third-order valence-electron chi connectivity index (χ3n) is 8.35. The quantitative estimate of drug-likeness (QED) is 0.365. The zero-order valence-corrected chi connectivity index (χ0v) is 28.3. The molecule has 0 saturated carbocycles. The first-order valence-corrected chi connectivity index (χ1v) is 16.5. The first-order chi connectivity index (χ1) is 18.4. The number of nitrogens with zero attached hydrogens (tertiary/aromatic N) is 2. The molecule has 0 aromatic rings. The molecule has 4 saturated heterocycles. The lowest BCUT2D eigenvalue weighted by Gasteiger charge is -2.35. The van der Waals surface area contributed by atoms with Gasteiger partial charge in [-0.1, -0.05) is 95.7 Å². The van der Waals surface area contributed by atoms with Gasteiger partial charge in [-0.05, 0) is 62.8 Å². The summed E-state index contributed by atoms with van der Waals surface area (Å²) < 4.78 is 5.87. The normalized spacial score (nSPS) is 28.1. The Morgan fingerprint density at radius 2 is 1.46 bits per heavy atom. The lowest BCUT2D eigenvalue weighted by atomic mass is 9.88. The summed E-state index contributed by atoms with van der Waals surface area (Å²) in [5, 5.41) is 3.75. The Morgan fingerprint density at radius 3 is 1.92 bits per heavy atom. The van der Waals surface area contributed by atoms with Crippen molar-refractivity contribution < 1.29 is 4.74 Å². The SMILES string of the molecule is C=C(C(C)C)N1CCC2(C1)OCCC2N.C=C(C(C)CC)N1CCC2(CCCCN2)C1.CC.CC.CC(C)C. The minimum atomic E-state index is -0.0716. The van der Waals surface area contributed by atoms with Crippen LogP contribution in [0.1, 0.15) is 121 Å². The van der Waals surface area contributed by atoms with Crippen LogP contribution in [0.15, 0.2) is 24.6 Å². The second kappa shape index (κ2) is 19.1. The minimum Gasteiger partial charge on any atom is -0.373 e. The highest BCUT2D eigenvalue weighted by Crippen LogP contribution is 2.36. The number of ether oxygens (including phenoxy) is 1. The van der Waals surface area contributed by atoms with Gasteiger partial charge in [0.15, 0.2) is 0 Å². The molecule has 3 N–H and O–H groups in total. The van der Waals surface area contributed by atoms with Crippen LogP contribution in [0.3, 0.4) is 0 Å². The topological polar surface area (TPSA) is 53.8 Å². The van der Waals surface area contributed by atoms with Crippen molar-refractivity contribution in [3.05, 3.63) is 24.6 Å². The van der Waals surface area contributed by atoms with Crippen molar-refractivity contribution in [3.63, 3.8) is 0 Å². The molecule has 0 radical (unpaired) electrons. The van der Waals surface area contributed by atoms with Crippen molar-refractivity contribution in [1.82, 2.24) is 15.1 Å². The summed E-state index contributed by atoms with van der Waals surface area (Å²) in [5.41, 5.74) is 9.06. The Balaban J connectivity index is 0.000000587. The molecular weight excluding hydrogens is 480 g/mol. The van der Waals surface area contributed by atoms with E-state index in [-0.39, 0.29) is 11.6 Å². The summed E-state index contributed by atoms with van der Waals surface area (Å²) in [5.74, 6) is 1.98. The lowest BCUT2D eigenvalue weighted by molar-refractivity contribution is 0.00623. The Kier molecular flexibility index (Phi) is 18.6. The minimum absolute atomic E-state index is 0.0716. The smallest absolute Gasteiger partial charge is 0.102 e. The van der Waals surface area contributed by atoms with Gasteiger partial charge in [0.1, 0.15) is 5.60 Å². The molecule has 4 unspecified atom stereocenters. The fourth-order valence-electron chi connectivity index (χ4n) is 5.64. The molecule has 0 amide bonds. The number of piperidine rings is 1. The maximum Gasteiger partial charge on any atom is 0.102 e. The first-order valence-electron chi connectivity index (χ1n) is 16.5. The highest BCUT2D eigenvalue weighted by molar-refractivity contribution is 5.10. The molecule has 5 nitrogen and oxygen atoms in total. The van der Waals surface area contributed by atoms with Crippen molar-refractivity contribution in [3.8, 4) is 0 Å². The molecule has 4 aliphatic rings. The van der Waals surface area contributed by atoms with Gasteiger partial charge in [-0.15, -0.1) is 0 Å². The highest BCUT2D eigenvalue weighted by Gasteiger charge is 2.47. The summed E-state index contributed by atoms with van der Waals surface area (Å²) >= 11 is 0.